The molecule has 0 aliphatic carbocycles. The molecular formula is C20H13FN6O. The van der Waals surface area contributed by atoms with Crippen molar-refractivity contribution in [2.24, 2.45) is 0 Å². The van der Waals surface area contributed by atoms with Crippen LogP contribution in [0.3, 0.4) is 0 Å². The maximum absolute atomic E-state index is 14.1. The third-order valence-corrected chi connectivity index (χ3v) is 3.93. The first-order valence-electron chi connectivity index (χ1n) is 8.36. The molecule has 0 unspecified atom stereocenters. The minimum Gasteiger partial charge on any atom is -0.489 e. The number of nitriles is 1. The van der Waals surface area contributed by atoms with E-state index in [0.717, 1.165) is 0 Å². The molecule has 0 spiro atoms. The molecule has 2 aromatic heterocycles. The number of hydrogen-bond acceptors (Lipinski definition) is 6. The lowest BCUT2D eigenvalue weighted by Crippen LogP contribution is -2.03. The monoisotopic (exact) mass is 372 g/mol. The van der Waals surface area contributed by atoms with Gasteiger partial charge in [-0.05, 0) is 23.4 Å². The van der Waals surface area contributed by atoms with Crippen LogP contribution in [0, 0.1) is 17.1 Å². The van der Waals surface area contributed by atoms with Crippen molar-refractivity contribution in [3.63, 3.8) is 0 Å². The van der Waals surface area contributed by atoms with Gasteiger partial charge in [-0.2, -0.15) is 5.26 Å². The van der Waals surface area contributed by atoms with Crippen molar-refractivity contribution >= 4 is 0 Å². The number of benzene rings is 2. The molecule has 2 heterocycles. The fraction of sp³-hybridized carbons (Fsp3) is 0.0500. The SMILES string of the molecule is N#Cc1ccccc1COc1cc(F)cc(-n2nnc(-c3ccccn3)n2)c1. The van der Waals surface area contributed by atoms with Gasteiger partial charge in [-0.1, -0.05) is 24.3 Å². The molecule has 28 heavy (non-hydrogen) atoms. The first-order valence-corrected chi connectivity index (χ1v) is 8.36. The minimum absolute atomic E-state index is 0.136. The van der Waals surface area contributed by atoms with Crippen LogP contribution in [0.5, 0.6) is 5.75 Å². The summed E-state index contributed by atoms with van der Waals surface area (Å²) in [6, 6.07) is 18.7. The maximum atomic E-state index is 14.1. The first kappa shape index (κ1) is 17.3. The third-order valence-electron chi connectivity index (χ3n) is 3.93. The van der Waals surface area contributed by atoms with Crippen molar-refractivity contribution in [3.05, 3.63) is 83.8 Å². The lowest BCUT2D eigenvalue weighted by molar-refractivity contribution is 0.304. The average molecular weight is 372 g/mol. The molecule has 0 amide bonds. The van der Waals surface area contributed by atoms with Crippen LogP contribution in [-0.4, -0.2) is 25.2 Å². The minimum atomic E-state index is -0.502. The molecule has 4 aromatic rings. The van der Waals surface area contributed by atoms with Crippen molar-refractivity contribution in [2.75, 3.05) is 0 Å². The normalized spacial score (nSPS) is 10.4. The third kappa shape index (κ3) is 3.68. The van der Waals surface area contributed by atoms with Crippen LogP contribution in [0.1, 0.15) is 11.1 Å². The summed E-state index contributed by atoms with van der Waals surface area (Å²) in [5.74, 6) is 0.118. The average Bonchev–Trinajstić information content (AvgIpc) is 3.23. The van der Waals surface area contributed by atoms with Gasteiger partial charge in [0.2, 0.25) is 5.82 Å². The van der Waals surface area contributed by atoms with E-state index in [2.05, 4.69) is 26.5 Å². The molecule has 0 saturated heterocycles. The van der Waals surface area contributed by atoms with Crippen molar-refractivity contribution in [1.29, 1.82) is 5.26 Å². The maximum Gasteiger partial charge on any atom is 0.223 e. The zero-order valence-corrected chi connectivity index (χ0v) is 14.5. The fourth-order valence-corrected chi connectivity index (χ4v) is 2.58. The van der Waals surface area contributed by atoms with E-state index in [-0.39, 0.29) is 6.61 Å². The molecule has 0 aliphatic heterocycles. The number of hydrogen-bond donors (Lipinski definition) is 0. The molecule has 0 N–H and O–H groups in total. The van der Waals surface area contributed by atoms with Crippen molar-refractivity contribution in [3.8, 4) is 29.0 Å². The van der Waals surface area contributed by atoms with Crippen LogP contribution in [0.2, 0.25) is 0 Å². The second-order valence-electron chi connectivity index (χ2n) is 5.82. The second kappa shape index (κ2) is 7.63. The molecule has 4 rings (SSSR count). The molecule has 0 bridgehead atoms. The van der Waals surface area contributed by atoms with E-state index in [1.807, 2.05) is 12.1 Å². The topological polar surface area (TPSA) is 89.5 Å². The summed E-state index contributed by atoms with van der Waals surface area (Å²) in [4.78, 5) is 5.38. The molecule has 0 aliphatic rings. The molecule has 8 heteroatoms. The van der Waals surface area contributed by atoms with Crippen LogP contribution in [0.25, 0.3) is 17.2 Å². The molecule has 7 nitrogen and oxygen atoms in total. The Morgan fingerprint density at radius 3 is 2.75 bits per heavy atom. The van der Waals surface area contributed by atoms with E-state index in [1.54, 1.807) is 42.6 Å². The highest BCUT2D eigenvalue weighted by Gasteiger charge is 2.11. The summed E-state index contributed by atoms with van der Waals surface area (Å²) in [5, 5.41) is 21.3. The molecule has 0 saturated carbocycles. The molecule has 0 atom stereocenters. The number of nitrogens with zero attached hydrogens (tertiary/aromatic N) is 6. The van der Waals surface area contributed by atoms with E-state index in [0.29, 0.717) is 34.1 Å². The Morgan fingerprint density at radius 1 is 1.07 bits per heavy atom. The lowest BCUT2D eigenvalue weighted by atomic mass is 10.1. The van der Waals surface area contributed by atoms with Gasteiger partial charge in [0.1, 0.15) is 23.9 Å². The van der Waals surface area contributed by atoms with Crippen LogP contribution < -0.4 is 4.74 Å². The van der Waals surface area contributed by atoms with Gasteiger partial charge >= 0.3 is 0 Å². The van der Waals surface area contributed by atoms with Gasteiger partial charge in [-0.15, -0.1) is 15.0 Å². The van der Waals surface area contributed by atoms with Gasteiger partial charge < -0.3 is 4.74 Å². The number of pyridine rings is 1. The van der Waals surface area contributed by atoms with E-state index in [9.17, 15) is 4.39 Å². The zero-order valence-electron chi connectivity index (χ0n) is 14.5. The number of rotatable bonds is 5. The van der Waals surface area contributed by atoms with E-state index >= 15 is 0 Å². The number of halogens is 1. The lowest BCUT2D eigenvalue weighted by Gasteiger charge is -2.09. The standard InChI is InChI=1S/C20H13FN6O/c21-16-9-17(27-25-20(24-26-27)19-7-3-4-8-23-19)11-18(10-16)28-13-15-6-2-1-5-14(15)12-22/h1-11H,13H2. The van der Waals surface area contributed by atoms with Crippen LogP contribution in [0.4, 0.5) is 4.39 Å². The molecule has 2 aromatic carbocycles. The van der Waals surface area contributed by atoms with Crippen LogP contribution in [0.15, 0.2) is 66.9 Å². The van der Waals surface area contributed by atoms with Gasteiger partial charge in [0.05, 0.1) is 17.3 Å². The predicted molar refractivity (Wildman–Crippen MR) is 97.8 cm³/mol. The van der Waals surface area contributed by atoms with Gasteiger partial charge in [0, 0.05) is 30.0 Å². The van der Waals surface area contributed by atoms with E-state index in [4.69, 9.17) is 10.00 Å². The first-order chi connectivity index (χ1) is 13.7. The van der Waals surface area contributed by atoms with Crippen molar-refractivity contribution < 1.29 is 9.13 Å². The largest absolute Gasteiger partial charge is 0.489 e. The van der Waals surface area contributed by atoms with Gasteiger partial charge in [-0.25, -0.2) is 4.39 Å². The van der Waals surface area contributed by atoms with Crippen LogP contribution >= 0.6 is 0 Å². The highest BCUT2D eigenvalue weighted by molar-refractivity contribution is 5.47. The Kier molecular flexibility index (Phi) is 4.72. The Morgan fingerprint density at radius 2 is 1.93 bits per heavy atom. The highest BCUT2D eigenvalue weighted by Crippen LogP contribution is 2.21. The second-order valence-corrected chi connectivity index (χ2v) is 5.82. The number of ether oxygens (including phenoxy) is 1. The summed E-state index contributed by atoms with van der Waals surface area (Å²) in [6.07, 6.45) is 1.63. The Hall–Kier alpha value is -4.12. The Bertz CT molecular complexity index is 1150. The molecular weight excluding hydrogens is 359 g/mol. The summed E-state index contributed by atoms with van der Waals surface area (Å²) in [7, 11) is 0. The Labute approximate surface area is 159 Å². The van der Waals surface area contributed by atoms with E-state index in [1.165, 1.54) is 16.9 Å². The number of aromatic nitrogens is 5. The summed E-state index contributed by atoms with van der Waals surface area (Å²) < 4.78 is 19.8. The predicted octanol–water partition coefficient (Wildman–Crippen LogP) is 3.31. The Balaban J connectivity index is 1.58. The van der Waals surface area contributed by atoms with E-state index < -0.39 is 5.82 Å². The highest BCUT2D eigenvalue weighted by atomic mass is 19.1. The summed E-state index contributed by atoms with van der Waals surface area (Å²) >= 11 is 0. The summed E-state index contributed by atoms with van der Waals surface area (Å²) in [5.41, 5.74) is 2.15. The quantitative estimate of drug-likeness (QED) is 0.534. The van der Waals surface area contributed by atoms with Gasteiger partial charge in [-0.3, -0.25) is 4.98 Å². The molecule has 0 radical (unpaired) electrons. The van der Waals surface area contributed by atoms with Crippen molar-refractivity contribution in [2.45, 2.75) is 6.61 Å². The zero-order chi connectivity index (χ0) is 19.3. The smallest absolute Gasteiger partial charge is 0.223 e. The van der Waals surface area contributed by atoms with Crippen molar-refractivity contribution in [1.82, 2.24) is 25.2 Å². The molecule has 136 valence electrons. The fourth-order valence-electron chi connectivity index (χ4n) is 2.58. The van der Waals surface area contributed by atoms with Gasteiger partial charge in [0.25, 0.3) is 0 Å². The number of tetrazole rings is 1. The summed E-state index contributed by atoms with van der Waals surface area (Å²) in [6.45, 7) is 0.136. The molecule has 0 fully saturated rings. The van der Waals surface area contributed by atoms with Gasteiger partial charge in [0.15, 0.2) is 0 Å². The van der Waals surface area contributed by atoms with Crippen LogP contribution in [-0.2, 0) is 6.61 Å².